The Morgan fingerprint density at radius 1 is 0.594 bits per heavy atom. The van der Waals surface area contributed by atoms with Crippen LogP contribution in [0.1, 0.15) is 48.5 Å². The fourth-order valence-electron chi connectivity index (χ4n) is 2.64. The van der Waals surface area contributed by atoms with Crippen LogP contribution in [0.3, 0.4) is 0 Å². The van der Waals surface area contributed by atoms with Gasteiger partial charge in [0, 0.05) is 0 Å². The third kappa shape index (κ3) is 6.45. The number of aliphatic hydroxyl groups is 1. The van der Waals surface area contributed by atoms with E-state index >= 15 is 0 Å². The smallest absolute Gasteiger partial charge is 0.543 e. The van der Waals surface area contributed by atoms with Gasteiger partial charge in [-0.3, -0.25) is 0 Å². The van der Waals surface area contributed by atoms with Gasteiger partial charge in [0.15, 0.2) is 5.60 Å². The zero-order valence-corrected chi connectivity index (χ0v) is 23.4. The number of hydrogen-bond acceptors (Lipinski definition) is 10. The maximum atomic E-state index is 11.5. The summed E-state index contributed by atoms with van der Waals surface area (Å²) in [5.41, 5.74) is -4.86. The molecular formula is C19H10N3Na3O7. The number of pyridine rings is 3. The Bertz CT molecular complexity index is 1000. The van der Waals surface area contributed by atoms with Gasteiger partial charge in [-0.25, -0.2) is 15.0 Å². The van der Waals surface area contributed by atoms with Crippen molar-refractivity contribution in [2.45, 2.75) is 5.60 Å². The number of carboxylic acids is 3. The Balaban J connectivity index is 0.00000320. The largest absolute Gasteiger partial charge is 1.00 e. The minimum Gasteiger partial charge on any atom is -0.543 e. The van der Waals surface area contributed by atoms with E-state index in [1.165, 1.54) is 36.4 Å². The number of aromatic carboxylic acids is 3. The molecule has 0 radical (unpaired) electrons. The topological polar surface area (TPSA) is 179 Å². The van der Waals surface area contributed by atoms with Crippen molar-refractivity contribution in [3.8, 4) is 0 Å². The molecule has 32 heavy (non-hydrogen) atoms. The van der Waals surface area contributed by atoms with Gasteiger partial charge in [0.1, 0.15) is 0 Å². The van der Waals surface area contributed by atoms with E-state index in [1.54, 1.807) is 0 Å². The van der Waals surface area contributed by atoms with Crippen LogP contribution >= 0.6 is 0 Å². The molecular weight excluding hydrogens is 451 g/mol. The zero-order chi connectivity index (χ0) is 21.2. The fourth-order valence-corrected chi connectivity index (χ4v) is 2.64. The first-order chi connectivity index (χ1) is 13.7. The van der Waals surface area contributed by atoms with Crippen molar-refractivity contribution < 1.29 is 123 Å². The van der Waals surface area contributed by atoms with Crippen LogP contribution in [0, 0.1) is 0 Å². The van der Waals surface area contributed by atoms with Gasteiger partial charge in [0.2, 0.25) is 0 Å². The summed E-state index contributed by atoms with van der Waals surface area (Å²) < 4.78 is 0. The SMILES string of the molecule is O=C([O-])c1cccc(C(O)(c2cccc(C(=O)[O-])n2)c2cccc(C(=O)[O-])n2)n1.[Na+].[Na+].[Na+]. The number of carboxylic acid groups (broad SMARTS) is 3. The molecule has 0 bridgehead atoms. The van der Waals surface area contributed by atoms with Crippen molar-refractivity contribution in [1.82, 2.24) is 15.0 Å². The summed E-state index contributed by atoms with van der Waals surface area (Å²) >= 11 is 0. The molecule has 0 aliphatic carbocycles. The molecule has 3 aromatic rings. The van der Waals surface area contributed by atoms with Gasteiger partial charge in [-0.2, -0.15) is 0 Å². The number of carbonyl (C=O) groups excluding carboxylic acids is 3. The molecule has 0 aromatic carbocycles. The number of nitrogens with zero attached hydrogens (tertiary/aromatic N) is 3. The molecule has 3 rings (SSSR count). The van der Waals surface area contributed by atoms with E-state index in [1.807, 2.05) is 0 Å². The van der Waals surface area contributed by atoms with Crippen LogP contribution in [0.4, 0.5) is 0 Å². The summed E-state index contributed by atoms with van der Waals surface area (Å²) in [4.78, 5) is 45.0. The van der Waals surface area contributed by atoms with E-state index in [2.05, 4.69) is 15.0 Å². The Kier molecular flexibility index (Phi) is 12.4. The molecule has 0 unspecified atom stereocenters. The molecule has 146 valence electrons. The molecule has 3 aromatic heterocycles. The summed E-state index contributed by atoms with van der Waals surface area (Å²) in [6.45, 7) is 0. The van der Waals surface area contributed by atoms with E-state index in [0.717, 1.165) is 18.2 Å². The molecule has 0 spiro atoms. The molecule has 1 N–H and O–H groups in total. The van der Waals surface area contributed by atoms with Crippen molar-refractivity contribution >= 4 is 17.9 Å². The monoisotopic (exact) mass is 461 g/mol. The van der Waals surface area contributed by atoms with E-state index in [9.17, 15) is 34.8 Å². The molecule has 0 amide bonds. The maximum absolute atomic E-state index is 11.5. The van der Waals surface area contributed by atoms with Gasteiger partial charge >= 0.3 is 88.7 Å². The van der Waals surface area contributed by atoms with E-state index in [-0.39, 0.29) is 106 Å². The Morgan fingerprint density at radius 2 is 0.844 bits per heavy atom. The van der Waals surface area contributed by atoms with Crippen molar-refractivity contribution in [2.75, 3.05) is 0 Å². The van der Waals surface area contributed by atoms with Crippen molar-refractivity contribution in [1.29, 1.82) is 0 Å². The summed E-state index contributed by atoms with van der Waals surface area (Å²) in [5.74, 6) is -4.87. The van der Waals surface area contributed by atoms with Crippen molar-refractivity contribution in [3.63, 3.8) is 0 Å². The Labute approximate surface area is 248 Å². The number of rotatable bonds is 6. The quantitative estimate of drug-likeness (QED) is 0.347. The molecule has 0 aliphatic rings. The first-order valence-corrected chi connectivity index (χ1v) is 8.02. The van der Waals surface area contributed by atoms with Crippen LogP contribution in [-0.2, 0) is 5.60 Å². The van der Waals surface area contributed by atoms with Gasteiger partial charge in [0.05, 0.1) is 52.1 Å². The Hall–Kier alpha value is -1.18. The standard InChI is InChI=1S/C19H13N3O7.3Na/c23-16(24)10-4-1-7-13(20-10)19(29,14-8-2-5-11(21-14)17(25)26)15-9-3-6-12(22-15)18(27)28;;;/h1-9,29H,(H,23,24)(H,25,26)(H,27,28);;;/q;3*+1/p-3. The number of aromatic nitrogens is 3. The predicted molar refractivity (Wildman–Crippen MR) is 87.8 cm³/mol. The van der Waals surface area contributed by atoms with Gasteiger partial charge in [-0.1, -0.05) is 18.2 Å². The minimum atomic E-state index is -2.40. The van der Waals surface area contributed by atoms with Crippen molar-refractivity contribution in [3.05, 3.63) is 88.8 Å². The van der Waals surface area contributed by atoms with Crippen LogP contribution in [0.2, 0.25) is 0 Å². The summed E-state index contributed by atoms with van der Waals surface area (Å²) in [6.07, 6.45) is 0. The first kappa shape index (κ1) is 30.8. The van der Waals surface area contributed by atoms with Gasteiger partial charge in [0.25, 0.3) is 0 Å². The van der Waals surface area contributed by atoms with Crippen LogP contribution < -0.4 is 104 Å². The van der Waals surface area contributed by atoms with E-state index < -0.39 is 40.6 Å². The average molecular weight is 461 g/mol. The normalized spacial score (nSPS) is 10.0. The number of carbonyl (C=O) groups is 3. The molecule has 3 heterocycles. The fraction of sp³-hybridized carbons (Fsp3) is 0.0526. The molecule has 0 aliphatic heterocycles. The molecule has 0 saturated carbocycles. The molecule has 10 nitrogen and oxygen atoms in total. The van der Waals surface area contributed by atoms with Gasteiger partial charge in [-0.05, 0) is 36.4 Å². The van der Waals surface area contributed by atoms with E-state index in [4.69, 9.17) is 0 Å². The third-order valence-corrected chi connectivity index (χ3v) is 3.99. The second-order valence-corrected chi connectivity index (χ2v) is 5.80. The maximum Gasteiger partial charge on any atom is 1.00 e. The van der Waals surface area contributed by atoms with E-state index in [0.29, 0.717) is 0 Å². The average Bonchev–Trinajstić information content (AvgIpc) is 2.73. The van der Waals surface area contributed by atoms with Crippen LogP contribution in [0.15, 0.2) is 54.6 Å². The summed E-state index contributed by atoms with van der Waals surface area (Å²) in [6, 6.07) is 10.9. The molecule has 13 heteroatoms. The van der Waals surface area contributed by atoms with Gasteiger partial charge < -0.3 is 34.8 Å². The Morgan fingerprint density at radius 3 is 1.06 bits per heavy atom. The van der Waals surface area contributed by atoms with Crippen LogP contribution in [0.5, 0.6) is 0 Å². The second kappa shape index (κ2) is 12.9. The zero-order valence-electron chi connectivity index (χ0n) is 17.4. The first-order valence-electron chi connectivity index (χ1n) is 8.02. The predicted octanol–water partition coefficient (Wildman–Crippen LogP) is -11.7. The molecule has 0 fully saturated rings. The number of hydrogen-bond donors (Lipinski definition) is 1. The van der Waals surface area contributed by atoms with Crippen LogP contribution in [0.25, 0.3) is 0 Å². The minimum absolute atomic E-state index is 0. The second-order valence-electron chi connectivity index (χ2n) is 5.80. The summed E-state index contributed by atoms with van der Waals surface area (Å²) in [5, 5.41) is 45.1. The van der Waals surface area contributed by atoms with Crippen molar-refractivity contribution in [2.24, 2.45) is 0 Å². The molecule has 0 saturated heterocycles. The van der Waals surface area contributed by atoms with Crippen LogP contribution in [-0.4, -0.2) is 38.0 Å². The summed E-state index contributed by atoms with van der Waals surface area (Å²) in [7, 11) is 0. The third-order valence-electron chi connectivity index (χ3n) is 3.99. The molecule has 0 atom stereocenters. The van der Waals surface area contributed by atoms with Gasteiger partial charge in [-0.15, -0.1) is 0 Å².